The third kappa shape index (κ3) is 2.07. The van der Waals surface area contributed by atoms with E-state index in [-0.39, 0.29) is 32.7 Å². The SMILES string of the molecule is C=Cc1cccc2c[c-]ccc12.[Y]. The van der Waals surface area contributed by atoms with Crippen molar-refractivity contribution in [3.8, 4) is 0 Å². The van der Waals surface area contributed by atoms with Crippen LogP contribution in [0.15, 0.2) is 43.0 Å². The molecule has 0 aromatic heterocycles. The first-order valence-electron chi connectivity index (χ1n) is 3.93. The van der Waals surface area contributed by atoms with Crippen LogP contribution in [0, 0.1) is 6.07 Å². The summed E-state index contributed by atoms with van der Waals surface area (Å²) in [5.41, 5.74) is 1.18. The van der Waals surface area contributed by atoms with Gasteiger partial charge in [-0.15, -0.1) is 16.8 Å². The molecule has 0 aliphatic rings. The minimum atomic E-state index is 0. The van der Waals surface area contributed by atoms with Crippen molar-refractivity contribution in [2.24, 2.45) is 0 Å². The van der Waals surface area contributed by atoms with Crippen LogP contribution in [0.5, 0.6) is 0 Å². The van der Waals surface area contributed by atoms with Gasteiger partial charge in [-0.05, 0) is 5.56 Å². The summed E-state index contributed by atoms with van der Waals surface area (Å²) in [6.07, 6.45) is 1.88. The Morgan fingerprint density at radius 2 is 2.08 bits per heavy atom. The van der Waals surface area contributed by atoms with E-state index in [0.717, 1.165) is 0 Å². The van der Waals surface area contributed by atoms with Crippen LogP contribution >= 0.6 is 0 Å². The van der Waals surface area contributed by atoms with E-state index in [1.807, 2.05) is 24.3 Å². The minimum absolute atomic E-state index is 0. The molecule has 0 saturated heterocycles. The first-order chi connectivity index (χ1) is 5.92. The van der Waals surface area contributed by atoms with E-state index in [0.29, 0.717) is 0 Å². The van der Waals surface area contributed by atoms with Crippen LogP contribution in [0.4, 0.5) is 0 Å². The van der Waals surface area contributed by atoms with Gasteiger partial charge in [-0.25, -0.2) is 0 Å². The molecule has 0 spiro atoms. The van der Waals surface area contributed by atoms with E-state index < -0.39 is 0 Å². The molecule has 0 heterocycles. The molecule has 0 atom stereocenters. The summed E-state index contributed by atoms with van der Waals surface area (Å²) in [7, 11) is 0. The molecule has 1 heteroatoms. The van der Waals surface area contributed by atoms with Gasteiger partial charge in [-0.2, -0.15) is 24.3 Å². The molecule has 0 nitrogen and oxygen atoms in total. The van der Waals surface area contributed by atoms with Crippen molar-refractivity contribution < 1.29 is 32.7 Å². The molecule has 13 heavy (non-hydrogen) atoms. The van der Waals surface area contributed by atoms with Crippen molar-refractivity contribution in [1.29, 1.82) is 0 Å². The monoisotopic (exact) mass is 242 g/mol. The van der Waals surface area contributed by atoms with Gasteiger partial charge in [0.25, 0.3) is 0 Å². The summed E-state index contributed by atoms with van der Waals surface area (Å²) in [5.74, 6) is 0. The Hall–Kier alpha value is -0.456. The Morgan fingerprint density at radius 1 is 1.23 bits per heavy atom. The average Bonchev–Trinajstić information content (AvgIpc) is 2.17. The Bertz CT molecular complexity index is 413. The van der Waals surface area contributed by atoms with E-state index in [2.05, 4.69) is 30.8 Å². The molecule has 0 aliphatic carbocycles. The Labute approximate surface area is 104 Å². The molecule has 2 aromatic rings. The van der Waals surface area contributed by atoms with E-state index in [4.69, 9.17) is 0 Å². The molecule has 0 unspecified atom stereocenters. The van der Waals surface area contributed by atoms with Gasteiger partial charge in [0.05, 0.1) is 0 Å². The summed E-state index contributed by atoms with van der Waals surface area (Å²) in [4.78, 5) is 0. The first-order valence-corrected chi connectivity index (χ1v) is 3.93. The summed E-state index contributed by atoms with van der Waals surface area (Å²) >= 11 is 0. The standard InChI is InChI=1S/C12H9.Y/c1-2-10-7-5-8-11-6-3-4-9-12(10)11;/h2,4-9H,1H2;/q-1;. The number of hydrogen-bond acceptors (Lipinski definition) is 0. The van der Waals surface area contributed by atoms with E-state index in [1.165, 1.54) is 16.3 Å². The third-order valence-electron chi connectivity index (χ3n) is 1.98. The van der Waals surface area contributed by atoms with E-state index in [1.54, 1.807) is 0 Å². The van der Waals surface area contributed by atoms with Crippen LogP contribution in [-0.2, 0) is 32.7 Å². The number of benzene rings is 2. The molecule has 0 N–H and O–H groups in total. The predicted molar refractivity (Wildman–Crippen MR) is 52.9 cm³/mol. The molecular formula is C12H9Y-. The summed E-state index contributed by atoms with van der Waals surface area (Å²) in [6.45, 7) is 3.77. The molecule has 2 rings (SSSR count). The van der Waals surface area contributed by atoms with Crippen LogP contribution in [-0.4, -0.2) is 0 Å². The van der Waals surface area contributed by atoms with Crippen molar-refractivity contribution in [3.63, 3.8) is 0 Å². The fourth-order valence-corrected chi connectivity index (χ4v) is 1.37. The normalized spacial score (nSPS) is 9.23. The molecule has 0 bridgehead atoms. The molecule has 61 valence electrons. The number of hydrogen-bond donors (Lipinski definition) is 0. The second-order valence-corrected chi connectivity index (χ2v) is 2.70. The van der Waals surface area contributed by atoms with Gasteiger partial charge < -0.3 is 0 Å². The second kappa shape index (κ2) is 4.69. The minimum Gasteiger partial charge on any atom is -0.183 e. The molecule has 1 radical (unpaired) electrons. The van der Waals surface area contributed by atoms with Crippen LogP contribution in [0.3, 0.4) is 0 Å². The van der Waals surface area contributed by atoms with Gasteiger partial charge in [0.2, 0.25) is 0 Å². The molecule has 0 saturated carbocycles. The maximum Gasteiger partial charge on any atom is 0 e. The fourth-order valence-electron chi connectivity index (χ4n) is 1.37. The number of rotatable bonds is 1. The molecule has 2 aromatic carbocycles. The van der Waals surface area contributed by atoms with E-state index >= 15 is 0 Å². The average molecular weight is 242 g/mol. The van der Waals surface area contributed by atoms with E-state index in [9.17, 15) is 0 Å². The fraction of sp³-hybridized carbons (Fsp3) is 0. The van der Waals surface area contributed by atoms with Crippen molar-refractivity contribution in [1.82, 2.24) is 0 Å². The van der Waals surface area contributed by atoms with Crippen LogP contribution in [0.25, 0.3) is 16.8 Å². The molecule has 0 aliphatic heterocycles. The Morgan fingerprint density at radius 3 is 2.85 bits per heavy atom. The Kier molecular flexibility index (Phi) is 3.83. The first kappa shape index (κ1) is 10.6. The maximum atomic E-state index is 3.77. The van der Waals surface area contributed by atoms with Crippen molar-refractivity contribution >= 4 is 16.8 Å². The molecular weight excluding hydrogens is 233 g/mol. The van der Waals surface area contributed by atoms with Gasteiger partial charge in [0, 0.05) is 32.7 Å². The summed E-state index contributed by atoms with van der Waals surface area (Å²) in [5, 5.41) is 2.46. The van der Waals surface area contributed by atoms with Crippen LogP contribution < -0.4 is 0 Å². The van der Waals surface area contributed by atoms with Gasteiger partial charge in [-0.3, -0.25) is 0 Å². The molecule has 0 amide bonds. The van der Waals surface area contributed by atoms with Crippen molar-refractivity contribution in [2.45, 2.75) is 0 Å². The second-order valence-electron chi connectivity index (χ2n) is 2.70. The zero-order valence-electron chi connectivity index (χ0n) is 7.33. The van der Waals surface area contributed by atoms with Crippen molar-refractivity contribution in [3.05, 3.63) is 54.6 Å². The van der Waals surface area contributed by atoms with Gasteiger partial charge in [-0.1, -0.05) is 24.8 Å². The summed E-state index contributed by atoms with van der Waals surface area (Å²) < 4.78 is 0. The van der Waals surface area contributed by atoms with Crippen molar-refractivity contribution in [2.75, 3.05) is 0 Å². The Balaban J connectivity index is 0.000000845. The third-order valence-corrected chi connectivity index (χ3v) is 1.98. The van der Waals surface area contributed by atoms with Crippen LogP contribution in [0.2, 0.25) is 0 Å². The maximum absolute atomic E-state index is 3.77. The zero-order chi connectivity index (χ0) is 8.39. The smallest absolute Gasteiger partial charge is 0 e. The topological polar surface area (TPSA) is 0 Å². The molecule has 0 fully saturated rings. The zero-order valence-corrected chi connectivity index (χ0v) is 10.2. The predicted octanol–water partition coefficient (Wildman–Crippen LogP) is 3.28. The quantitative estimate of drug-likeness (QED) is 0.673. The summed E-state index contributed by atoms with van der Waals surface area (Å²) in [6, 6.07) is 15.2. The van der Waals surface area contributed by atoms with Gasteiger partial charge in [0.15, 0.2) is 0 Å². The number of fused-ring (bicyclic) bond motifs is 1. The van der Waals surface area contributed by atoms with Crippen LogP contribution in [0.1, 0.15) is 5.56 Å². The van der Waals surface area contributed by atoms with Gasteiger partial charge >= 0.3 is 0 Å². The van der Waals surface area contributed by atoms with Gasteiger partial charge in [0.1, 0.15) is 0 Å². The largest absolute Gasteiger partial charge is 0.183 e.